The third-order valence-electron chi connectivity index (χ3n) is 4.10. The minimum atomic E-state index is -3.35. The summed E-state index contributed by atoms with van der Waals surface area (Å²) in [7, 11) is -3.35. The average molecular weight is 308 g/mol. The van der Waals surface area contributed by atoms with Crippen LogP contribution in [0.2, 0.25) is 0 Å². The van der Waals surface area contributed by atoms with Crippen LogP contribution in [0, 0.1) is 5.92 Å². The van der Waals surface area contributed by atoms with Crippen LogP contribution in [0.5, 0.6) is 0 Å². The van der Waals surface area contributed by atoms with Gasteiger partial charge in [0.1, 0.15) is 0 Å². The minimum absolute atomic E-state index is 0.0521. The Balaban J connectivity index is 1.85. The lowest BCUT2D eigenvalue weighted by Gasteiger charge is -2.31. The lowest BCUT2D eigenvalue weighted by Crippen LogP contribution is -2.48. The Labute approximate surface area is 120 Å². The predicted molar refractivity (Wildman–Crippen MR) is 78.4 cm³/mol. The quantitative estimate of drug-likeness (QED) is 0.788. The monoisotopic (exact) mass is 308 g/mol. The molecule has 0 aromatic heterocycles. The standard InChI is InChI=1S/C12H24N2O3S2/c1-12(5-2-8-18-12)10-13-19(16,17)14-6-3-11(9-15)4-7-14/h11,13,15H,2-10H2,1H3. The molecular formula is C12H24N2O3S2. The zero-order valence-electron chi connectivity index (χ0n) is 11.5. The molecule has 1 atom stereocenters. The number of aliphatic hydroxyl groups excluding tert-OH is 1. The first kappa shape index (κ1) is 15.6. The van der Waals surface area contributed by atoms with E-state index in [1.165, 1.54) is 10.7 Å². The van der Waals surface area contributed by atoms with E-state index in [0.29, 0.717) is 19.6 Å². The number of thioether (sulfide) groups is 1. The van der Waals surface area contributed by atoms with E-state index in [9.17, 15) is 8.42 Å². The lowest BCUT2D eigenvalue weighted by atomic mass is 10.00. The second kappa shape index (κ2) is 6.30. The highest BCUT2D eigenvalue weighted by Gasteiger charge is 2.33. The summed E-state index contributed by atoms with van der Waals surface area (Å²) < 4.78 is 28.8. The van der Waals surface area contributed by atoms with E-state index in [2.05, 4.69) is 11.6 Å². The maximum atomic E-state index is 12.2. The summed E-state index contributed by atoms with van der Waals surface area (Å²) >= 11 is 1.86. The molecule has 2 rings (SSSR count). The molecule has 0 radical (unpaired) electrons. The Morgan fingerprint density at radius 3 is 2.63 bits per heavy atom. The van der Waals surface area contributed by atoms with E-state index in [0.717, 1.165) is 25.0 Å². The van der Waals surface area contributed by atoms with Gasteiger partial charge in [0.25, 0.3) is 10.2 Å². The SMILES string of the molecule is CC1(CNS(=O)(=O)N2CCC(CO)CC2)CCCS1. The summed E-state index contributed by atoms with van der Waals surface area (Å²) in [5, 5.41) is 9.07. The van der Waals surface area contributed by atoms with Gasteiger partial charge in [-0.1, -0.05) is 0 Å². The van der Waals surface area contributed by atoms with Gasteiger partial charge in [0, 0.05) is 31.0 Å². The van der Waals surface area contributed by atoms with Crippen molar-refractivity contribution in [3.63, 3.8) is 0 Å². The van der Waals surface area contributed by atoms with E-state index in [4.69, 9.17) is 5.11 Å². The molecule has 7 heteroatoms. The summed E-state index contributed by atoms with van der Waals surface area (Å²) in [6.07, 6.45) is 3.75. The third kappa shape index (κ3) is 4.07. The van der Waals surface area contributed by atoms with Gasteiger partial charge in [0.05, 0.1) is 0 Å². The zero-order valence-corrected chi connectivity index (χ0v) is 13.1. The first-order chi connectivity index (χ1) is 8.95. The zero-order chi connectivity index (χ0) is 13.9. The molecule has 2 N–H and O–H groups in total. The van der Waals surface area contributed by atoms with Crippen molar-refractivity contribution in [1.82, 2.24) is 9.03 Å². The Bertz CT molecular complexity index is 386. The first-order valence-corrected chi connectivity index (χ1v) is 9.37. The molecule has 0 saturated carbocycles. The maximum absolute atomic E-state index is 12.2. The van der Waals surface area contributed by atoms with Crippen molar-refractivity contribution in [2.75, 3.05) is 32.0 Å². The Hall–Kier alpha value is 0.180. The van der Waals surface area contributed by atoms with Gasteiger partial charge >= 0.3 is 0 Å². The van der Waals surface area contributed by atoms with Gasteiger partial charge < -0.3 is 5.11 Å². The summed E-state index contributed by atoms with van der Waals surface area (Å²) in [6.45, 7) is 3.84. The summed E-state index contributed by atoms with van der Waals surface area (Å²) in [5.41, 5.74) is 0. The molecule has 2 saturated heterocycles. The molecule has 19 heavy (non-hydrogen) atoms. The van der Waals surface area contributed by atoms with Gasteiger partial charge in [0.2, 0.25) is 0 Å². The molecule has 0 aliphatic carbocycles. The van der Waals surface area contributed by atoms with Gasteiger partial charge in [-0.3, -0.25) is 0 Å². The highest BCUT2D eigenvalue weighted by atomic mass is 32.2. The third-order valence-corrected chi connectivity index (χ3v) is 7.19. The van der Waals surface area contributed by atoms with E-state index in [1.54, 1.807) is 0 Å². The van der Waals surface area contributed by atoms with Gasteiger partial charge in [-0.2, -0.15) is 24.5 Å². The summed E-state index contributed by atoms with van der Waals surface area (Å²) in [4.78, 5) is 0. The van der Waals surface area contributed by atoms with E-state index in [-0.39, 0.29) is 17.3 Å². The van der Waals surface area contributed by atoms with Crippen molar-refractivity contribution < 1.29 is 13.5 Å². The van der Waals surface area contributed by atoms with Crippen LogP contribution in [0.4, 0.5) is 0 Å². The topological polar surface area (TPSA) is 69.6 Å². The molecule has 0 bridgehead atoms. The van der Waals surface area contributed by atoms with E-state index < -0.39 is 10.2 Å². The molecule has 112 valence electrons. The number of piperidine rings is 1. The van der Waals surface area contributed by atoms with Crippen LogP contribution in [-0.4, -0.2) is 54.6 Å². The maximum Gasteiger partial charge on any atom is 0.279 e. The van der Waals surface area contributed by atoms with Crippen molar-refractivity contribution in [1.29, 1.82) is 0 Å². The van der Waals surface area contributed by atoms with Crippen LogP contribution >= 0.6 is 11.8 Å². The second-order valence-electron chi connectivity index (χ2n) is 5.75. The van der Waals surface area contributed by atoms with Crippen LogP contribution in [0.1, 0.15) is 32.6 Å². The number of rotatable bonds is 5. The van der Waals surface area contributed by atoms with Crippen LogP contribution in [0.3, 0.4) is 0 Å². The second-order valence-corrected chi connectivity index (χ2v) is 9.19. The summed E-state index contributed by atoms with van der Waals surface area (Å²) in [5.74, 6) is 1.38. The van der Waals surface area contributed by atoms with Crippen LogP contribution in [0.25, 0.3) is 0 Å². The molecule has 0 aromatic carbocycles. The van der Waals surface area contributed by atoms with Crippen molar-refractivity contribution in [3.8, 4) is 0 Å². The highest BCUT2D eigenvalue weighted by Crippen LogP contribution is 2.37. The molecule has 0 aromatic rings. The van der Waals surface area contributed by atoms with Crippen molar-refractivity contribution in [3.05, 3.63) is 0 Å². The van der Waals surface area contributed by atoms with Crippen LogP contribution in [0.15, 0.2) is 0 Å². The molecule has 0 amide bonds. The van der Waals surface area contributed by atoms with E-state index in [1.807, 2.05) is 11.8 Å². The minimum Gasteiger partial charge on any atom is -0.396 e. The van der Waals surface area contributed by atoms with Crippen molar-refractivity contribution in [2.45, 2.75) is 37.4 Å². The van der Waals surface area contributed by atoms with E-state index >= 15 is 0 Å². The fourth-order valence-corrected chi connectivity index (χ4v) is 5.35. The van der Waals surface area contributed by atoms with Crippen molar-refractivity contribution in [2.24, 2.45) is 5.92 Å². The fraction of sp³-hybridized carbons (Fsp3) is 1.00. The molecule has 2 aliphatic rings. The predicted octanol–water partition coefficient (Wildman–Crippen LogP) is 0.811. The average Bonchev–Trinajstić information content (AvgIpc) is 2.84. The first-order valence-electron chi connectivity index (χ1n) is 6.95. The Kier molecular flexibility index (Phi) is 5.16. The smallest absolute Gasteiger partial charge is 0.279 e. The normalized spacial score (nSPS) is 30.8. The largest absolute Gasteiger partial charge is 0.396 e. The molecule has 2 fully saturated rings. The van der Waals surface area contributed by atoms with Crippen LogP contribution in [-0.2, 0) is 10.2 Å². The molecule has 0 spiro atoms. The van der Waals surface area contributed by atoms with Gasteiger partial charge in [-0.15, -0.1) is 0 Å². The molecule has 5 nitrogen and oxygen atoms in total. The van der Waals surface area contributed by atoms with Gasteiger partial charge in [0.15, 0.2) is 0 Å². The molecule has 2 aliphatic heterocycles. The molecule has 1 unspecified atom stereocenters. The number of hydrogen-bond acceptors (Lipinski definition) is 4. The summed E-state index contributed by atoms with van der Waals surface area (Å²) in [6, 6.07) is 0. The van der Waals surface area contributed by atoms with Crippen LogP contribution < -0.4 is 4.72 Å². The number of nitrogens with one attached hydrogen (secondary N) is 1. The number of hydrogen-bond donors (Lipinski definition) is 2. The lowest BCUT2D eigenvalue weighted by molar-refractivity contribution is 0.169. The molecular weight excluding hydrogens is 284 g/mol. The highest BCUT2D eigenvalue weighted by molar-refractivity contribution is 8.00. The van der Waals surface area contributed by atoms with Gasteiger partial charge in [-0.25, -0.2) is 4.72 Å². The Morgan fingerprint density at radius 2 is 2.11 bits per heavy atom. The van der Waals surface area contributed by atoms with Crippen molar-refractivity contribution >= 4 is 22.0 Å². The molecule has 2 heterocycles. The Morgan fingerprint density at radius 1 is 1.42 bits per heavy atom. The number of nitrogens with zero attached hydrogens (tertiary/aromatic N) is 1. The number of aliphatic hydroxyl groups is 1. The fourth-order valence-electron chi connectivity index (χ4n) is 2.64. The van der Waals surface area contributed by atoms with Gasteiger partial charge in [-0.05, 0) is 44.3 Å².